The van der Waals surface area contributed by atoms with E-state index in [1.54, 1.807) is 0 Å². The molecular weight excluding hydrogens is 267 g/mol. The van der Waals surface area contributed by atoms with Gasteiger partial charge in [-0.05, 0) is 30.8 Å². The fourth-order valence-corrected chi connectivity index (χ4v) is 2.33. The van der Waals surface area contributed by atoms with Crippen molar-refractivity contribution in [2.75, 3.05) is 13.1 Å². The quantitative estimate of drug-likeness (QED) is 0.695. The second kappa shape index (κ2) is 5.11. The highest BCUT2D eigenvalue weighted by atomic mass is 19.4. The van der Waals surface area contributed by atoms with Crippen molar-refractivity contribution in [2.24, 2.45) is 17.8 Å². The molecule has 3 rings (SSSR count). The van der Waals surface area contributed by atoms with Crippen LogP contribution < -0.4 is 5.32 Å². The van der Waals surface area contributed by atoms with Gasteiger partial charge >= 0.3 is 12.1 Å². The first kappa shape index (κ1) is 13.7. The number of carboxylic acids is 1. The lowest BCUT2D eigenvalue weighted by molar-refractivity contribution is -0.192. The zero-order valence-corrected chi connectivity index (χ0v) is 9.68. The van der Waals surface area contributed by atoms with Gasteiger partial charge in [0.15, 0.2) is 5.82 Å². The van der Waals surface area contributed by atoms with Crippen LogP contribution in [0.1, 0.15) is 5.82 Å². The van der Waals surface area contributed by atoms with Crippen molar-refractivity contribution in [3.63, 3.8) is 0 Å². The molecule has 1 aromatic heterocycles. The average Bonchev–Trinajstić information content (AvgIpc) is 2.78. The molecule has 2 heterocycles. The number of aliphatic carboxylic acids is 1. The van der Waals surface area contributed by atoms with Crippen molar-refractivity contribution in [3.8, 4) is 0 Å². The molecule has 1 aromatic rings. The third-order valence-corrected chi connectivity index (χ3v) is 3.32. The molecule has 1 aliphatic heterocycles. The van der Waals surface area contributed by atoms with Crippen LogP contribution >= 0.6 is 0 Å². The standard InChI is InChI=1S/C7H11N5.C2HF3O2/c1(7-9-11-12-10-7)4-5-2-8-3-6(4)5;3-2(4,5)1(6)7/h4-6,8H,1-3H2,(H,9,10,11,12);(H,6,7)/t4?,5-,6+;. The van der Waals surface area contributed by atoms with Crippen molar-refractivity contribution in [2.45, 2.75) is 12.6 Å². The van der Waals surface area contributed by atoms with Gasteiger partial charge < -0.3 is 10.4 Å². The van der Waals surface area contributed by atoms with E-state index in [-0.39, 0.29) is 0 Å². The van der Waals surface area contributed by atoms with Gasteiger partial charge in [-0.1, -0.05) is 5.21 Å². The fourth-order valence-electron chi connectivity index (χ4n) is 2.33. The van der Waals surface area contributed by atoms with Crippen LogP contribution in [-0.4, -0.2) is 51.0 Å². The van der Waals surface area contributed by atoms with Crippen molar-refractivity contribution in [1.29, 1.82) is 0 Å². The number of rotatable bonds is 2. The van der Waals surface area contributed by atoms with E-state index in [4.69, 9.17) is 9.90 Å². The van der Waals surface area contributed by atoms with E-state index in [1.807, 2.05) is 0 Å². The van der Waals surface area contributed by atoms with Crippen LogP contribution in [0.4, 0.5) is 13.2 Å². The largest absolute Gasteiger partial charge is 0.490 e. The number of tetrazole rings is 1. The Hall–Kier alpha value is -1.71. The minimum atomic E-state index is -5.08. The van der Waals surface area contributed by atoms with Crippen LogP contribution in [0, 0.1) is 17.8 Å². The Morgan fingerprint density at radius 1 is 1.37 bits per heavy atom. The first-order valence-electron chi connectivity index (χ1n) is 5.62. The number of nitrogens with zero attached hydrogens (tertiary/aromatic N) is 3. The first-order chi connectivity index (χ1) is 8.89. The van der Waals surface area contributed by atoms with E-state index in [0.717, 1.165) is 30.0 Å². The molecule has 0 spiro atoms. The maximum absolute atomic E-state index is 10.6. The predicted molar refractivity (Wildman–Crippen MR) is 54.9 cm³/mol. The highest BCUT2D eigenvalue weighted by Crippen LogP contribution is 2.49. The summed E-state index contributed by atoms with van der Waals surface area (Å²) < 4.78 is 31.7. The lowest BCUT2D eigenvalue weighted by Gasteiger charge is -1.99. The molecule has 0 bridgehead atoms. The lowest BCUT2D eigenvalue weighted by atomic mass is 10.2. The Kier molecular flexibility index (Phi) is 3.69. The van der Waals surface area contributed by atoms with Crippen LogP contribution in [0.15, 0.2) is 0 Å². The summed E-state index contributed by atoms with van der Waals surface area (Å²) in [6.45, 7) is 2.38. The van der Waals surface area contributed by atoms with E-state index in [1.165, 1.54) is 13.1 Å². The van der Waals surface area contributed by atoms with Crippen LogP contribution in [0.5, 0.6) is 0 Å². The maximum Gasteiger partial charge on any atom is 0.490 e. The second-order valence-corrected chi connectivity index (χ2v) is 4.48. The topological polar surface area (TPSA) is 104 Å². The Labute approximate surface area is 105 Å². The Bertz CT molecular complexity index is 426. The minimum absolute atomic E-state index is 0.823. The third-order valence-electron chi connectivity index (χ3n) is 3.32. The molecule has 2 aliphatic rings. The summed E-state index contributed by atoms with van der Waals surface area (Å²) in [6.07, 6.45) is -4.08. The Balaban J connectivity index is 0.000000167. The average molecular weight is 279 g/mol. The SMILES string of the molecule is C(c1nn[nH]n1)C1[C@H]2CNC[C@@H]12.O=C(O)C(F)(F)F. The van der Waals surface area contributed by atoms with Crippen molar-refractivity contribution >= 4 is 5.97 Å². The molecule has 10 heteroatoms. The molecule has 0 radical (unpaired) electrons. The Morgan fingerprint density at radius 3 is 2.37 bits per heavy atom. The number of carboxylic acid groups (broad SMARTS) is 1. The summed E-state index contributed by atoms with van der Waals surface area (Å²) in [6, 6.07) is 0. The number of hydrogen-bond donors (Lipinski definition) is 3. The van der Waals surface area contributed by atoms with Crippen molar-refractivity contribution in [3.05, 3.63) is 5.82 Å². The zero-order valence-electron chi connectivity index (χ0n) is 9.68. The highest BCUT2D eigenvalue weighted by Gasteiger charge is 2.52. The normalized spacial score (nSPS) is 28.3. The second-order valence-electron chi connectivity index (χ2n) is 4.48. The van der Waals surface area contributed by atoms with Crippen LogP contribution in [0.2, 0.25) is 0 Å². The summed E-state index contributed by atoms with van der Waals surface area (Å²) in [7, 11) is 0. The zero-order chi connectivity index (χ0) is 14.0. The minimum Gasteiger partial charge on any atom is -0.475 e. The van der Waals surface area contributed by atoms with E-state index < -0.39 is 12.1 Å². The molecule has 1 saturated heterocycles. The van der Waals surface area contributed by atoms with Crippen LogP contribution in [0.25, 0.3) is 0 Å². The van der Waals surface area contributed by atoms with Gasteiger partial charge in [0, 0.05) is 6.42 Å². The number of piperidine rings is 1. The van der Waals surface area contributed by atoms with Gasteiger partial charge in [0.1, 0.15) is 0 Å². The number of nitrogens with one attached hydrogen (secondary N) is 2. The summed E-state index contributed by atoms with van der Waals surface area (Å²) in [5.74, 6) is 0.720. The summed E-state index contributed by atoms with van der Waals surface area (Å²) in [4.78, 5) is 8.90. The molecule has 0 amide bonds. The van der Waals surface area contributed by atoms with Crippen molar-refractivity contribution < 1.29 is 23.1 Å². The summed E-state index contributed by atoms with van der Waals surface area (Å²) in [5, 5.41) is 24.4. The summed E-state index contributed by atoms with van der Waals surface area (Å²) in [5.41, 5.74) is 0. The van der Waals surface area contributed by atoms with Gasteiger partial charge in [0.25, 0.3) is 0 Å². The number of carbonyl (C=O) groups is 1. The van der Waals surface area contributed by atoms with Gasteiger partial charge in [-0.15, -0.1) is 10.2 Å². The predicted octanol–water partition coefficient (Wildman–Crippen LogP) is -0.159. The number of alkyl halides is 3. The molecule has 2 fully saturated rings. The van der Waals surface area contributed by atoms with Gasteiger partial charge in [0.05, 0.1) is 0 Å². The number of aromatic nitrogens is 4. The third kappa shape index (κ3) is 3.40. The monoisotopic (exact) mass is 279 g/mol. The van der Waals surface area contributed by atoms with Gasteiger partial charge in [-0.2, -0.15) is 18.4 Å². The van der Waals surface area contributed by atoms with E-state index in [0.29, 0.717) is 0 Å². The number of hydrogen-bond acceptors (Lipinski definition) is 5. The first-order valence-corrected chi connectivity index (χ1v) is 5.62. The molecule has 0 aromatic carbocycles. The molecule has 7 nitrogen and oxygen atoms in total. The van der Waals surface area contributed by atoms with Gasteiger partial charge in [-0.3, -0.25) is 0 Å². The molecule has 106 valence electrons. The Morgan fingerprint density at radius 2 is 1.95 bits per heavy atom. The van der Waals surface area contributed by atoms with E-state index in [2.05, 4.69) is 25.9 Å². The maximum atomic E-state index is 10.6. The fraction of sp³-hybridized carbons (Fsp3) is 0.778. The number of aromatic amines is 1. The van der Waals surface area contributed by atoms with E-state index >= 15 is 0 Å². The van der Waals surface area contributed by atoms with Crippen molar-refractivity contribution in [1.82, 2.24) is 25.9 Å². The molecule has 19 heavy (non-hydrogen) atoms. The van der Waals surface area contributed by atoms with Gasteiger partial charge in [0.2, 0.25) is 0 Å². The highest BCUT2D eigenvalue weighted by molar-refractivity contribution is 5.73. The van der Waals surface area contributed by atoms with E-state index in [9.17, 15) is 13.2 Å². The number of H-pyrrole nitrogens is 1. The molecular formula is C9H12F3N5O2. The molecule has 3 N–H and O–H groups in total. The molecule has 1 aliphatic carbocycles. The molecule has 1 unspecified atom stereocenters. The smallest absolute Gasteiger partial charge is 0.475 e. The molecule has 3 atom stereocenters. The van der Waals surface area contributed by atoms with Gasteiger partial charge in [-0.25, -0.2) is 4.79 Å². The number of halogens is 3. The summed E-state index contributed by atoms with van der Waals surface area (Å²) >= 11 is 0. The van der Waals surface area contributed by atoms with Crippen LogP contribution in [-0.2, 0) is 11.2 Å². The molecule has 1 saturated carbocycles. The van der Waals surface area contributed by atoms with Crippen LogP contribution in [0.3, 0.4) is 0 Å². The lowest BCUT2D eigenvalue weighted by Crippen LogP contribution is -2.21. The number of fused-ring (bicyclic) bond motifs is 1.